The van der Waals surface area contributed by atoms with Crippen LogP contribution in [0.1, 0.15) is 98.8 Å². The van der Waals surface area contributed by atoms with Gasteiger partial charge in [-0.05, 0) is 104 Å². The Morgan fingerprint density at radius 3 is 2.34 bits per heavy atom. The van der Waals surface area contributed by atoms with Crippen molar-refractivity contribution in [2.24, 2.45) is 52.3 Å². The molecule has 0 radical (unpaired) electrons. The summed E-state index contributed by atoms with van der Waals surface area (Å²) >= 11 is 0. The predicted molar refractivity (Wildman–Crippen MR) is 129 cm³/mol. The average Bonchev–Trinajstić information content (AvgIpc) is 3.08. The summed E-state index contributed by atoms with van der Waals surface area (Å²) in [5.41, 5.74) is 0.350. The molecule has 0 aromatic carbocycles. The monoisotopic (exact) mass is 536 g/mol. The third-order valence-corrected chi connectivity index (χ3v) is 11.6. The number of aliphatic hydroxyl groups is 1. The fourth-order valence-corrected chi connectivity index (χ4v) is 9.88. The van der Waals surface area contributed by atoms with Crippen LogP contribution >= 0.6 is 0 Å². The quantitative estimate of drug-likeness (QED) is 0.304. The van der Waals surface area contributed by atoms with Gasteiger partial charge in [0.2, 0.25) is 10.4 Å². The molecule has 0 unspecified atom stereocenters. The topological polar surface area (TPSA) is 104 Å². The number of aliphatic hydroxyl groups excluding tert-OH is 1. The Labute approximate surface area is 255 Å². The Morgan fingerprint density at radius 1 is 1.06 bits per heavy atom. The molecule has 0 aliphatic heterocycles. The molecule has 0 spiro atoms. The number of carbonyl (C=O) groups is 1. The van der Waals surface area contributed by atoms with E-state index < -0.39 is 16.5 Å². The van der Waals surface area contributed by atoms with E-state index in [1.165, 1.54) is 0 Å². The van der Waals surface area contributed by atoms with Crippen molar-refractivity contribution in [1.82, 2.24) is 0 Å². The first-order chi connectivity index (χ1) is 15.8. The van der Waals surface area contributed by atoms with Crippen molar-refractivity contribution in [2.45, 2.75) is 111 Å². The maximum absolute atomic E-state index is 12.2. The Hall–Kier alpha value is 1.14. The van der Waals surface area contributed by atoms with Gasteiger partial charge in [-0.1, -0.05) is 34.6 Å². The Bertz CT molecular complexity index is 877. The molecule has 0 aromatic heterocycles. The second-order valence-electron chi connectivity index (χ2n) is 13.1. The van der Waals surface area contributed by atoms with E-state index in [2.05, 4.69) is 20.8 Å². The molecule has 4 fully saturated rings. The van der Waals surface area contributed by atoms with E-state index in [-0.39, 0.29) is 74.2 Å². The third kappa shape index (κ3) is 6.01. The summed E-state index contributed by atoms with van der Waals surface area (Å²) < 4.78 is 38.4. The first kappa shape index (κ1) is 30.7. The fraction of sp³-hybridized carbons (Fsp3) is 0.963. The van der Waals surface area contributed by atoms with E-state index in [4.69, 9.17) is 4.18 Å². The molecule has 8 heteroatoms. The van der Waals surface area contributed by atoms with Crippen molar-refractivity contribution >= 4 is 16.2 Å². The Kier molecular flexibility index (Phi) is 9.92. The molecule has 0 heterocycles. The van der Waals surface area contributed by atoms with Crippen molar-refractivity contribution in [2.75, 3.05) is 0 Å². The molecule has 1 N–H and O–H groups in total. The van der Waals surface area contributed by atoms with Crippen LogP contribution in [0.5, 0.6) is 0 Å². The fourth-order valence-electron chi connectivity index (χ4n) is 9.26. The van der Waals surface area contributed by atoms with Crippen LogP contribution in [0.25, 0.3) is 0 Å². The number of rotatable bonds is 7. The molecule has 0 bridgehead atoms. The van der Waals surface area contributed by atoms with E-state index in [0.717, 1.165) is 44.9 Å². The molecule has 0 saturated heterocycles. The van der Waals surface area contributed by atoms with E-state index >= 15 is 0 Å². The van der Waals surface area contributed by atoms with Gasteiger partial charge in [-0.25, -0.2) is 8.42 Å². The molecular formula is C27H45KO6S. The average molecular weight is 537 g/mol. The number of ketones is 1. The van der Waals surface area contributed by atoms with Crippen molar-refractivity contribution in [3.05, 3.63) is 0 Å². The number of Topliss-reactive ketones (excluding diaryl/α,β-unsaturated/α-hetero) is 1. The van der Waals surface area contributed by atoms with Gasteiger partial charge in [0.05, 0.1) is 12.2 Å². The van der Waals surface area contributed by atoms with Crippen molar-refractivity contribution < 1.29 is 78.4 Å². The SMILES string of the molecule is CC(C)[C@@H](CC[C@@H](C)[C@H]1CC[C@H]2[C@@H]3[C@H](O)C[C@H]4CC(=O)CC[C@]4(C)[C@H]3CC[C@]12C)OS(=O)(=O)[O-].[K+]. The van der Waals surface area contributed by atoms with E-state index in [1.807, 2.05) is 13.8 Å². The van der Waals surface area contributed by atoms with Crippen molar-refractivity contribution in [1.29, 1.82) is 0 Å². The number of fused-ring (bicyclic) bond motifs is 5. The molecule has 196 valence electrons. The Balaban J connectivity index is 0.00000342. The van der Waals surface area contributed by atoms with Crippen LogP contribution in [0.2, 0.25) is 0 Å². The number of carbonyl (C=O) groups excluding carboxylic acids is 1. The molecule has 35 heavy (non-hydrogen) atoms. The largest absolute Gasteiger partial charge is 1.00 e. The molecule has 0 amide bonds. The maximum atomic E-state index is 12.2. The maximum Gasteiger partial charge on any atom is 1.00 e. The van der Waals surface area contributed by atoms with E-state index in [1.54, 1.807) is 0 Å². The second kappa shape index (κ2) is 11.3. The first-order valence-electron chi connectivity index (χ1n) is 13.6. The summed E-state index contributed by atoms with van der Waals surface area (Å²) in [6.07, 6.45) is 8.20. The zero-order valence-electron chi connectivity index (χ0n) is 22.7. The molecule has 6 nitrogen and oxygen atoms in total. The van der Waals surface area contributed by atoms with Crippen LogP contribution in [-0.2, 0) is 19.4 Å². The molecular weight excluding hydrogens is 491 g/mol. The summed E-state index contributed by atoms with van der Waals surface area (Å²) in [5, 5.41) is 11.4. The van der Waals surface area contributed by atoms with Gasteiger partial charge in [0.15, 0.2) is 0 Å². The zero-order chi connectivity index (χ0) is 25.1. The van der Waals surface area contributed by atoms with Gasteiger partial charge in [0.25, 0.3) is 0 Å². The third-order valence-electron chi connectivity index (χ3n) is 11.2. The summed E-state index contributed by atoms with van der Waals surface area (Å²) in [5.74, 6) is 2.93. The van der Waals surface area contributed by atoms with Gasteiger partial charge < -0.3 is 9.66 Å². The van der Waals surface area contributed by atoms with Gasteiger partial charge in [-0.15, -0.1) is 0 Å². The van der Waals surface area contributed by atoms with Gasteiger partial charge in [0, 0.05) is 12.8 Å². The predicted octanol–water partition coefficient (Wildman–Crippen LogP) is 2.11. The van der Waals surface area contributed by atoms with Gasteiger partial charge in [0.1, 0.15) is 5.78 Å². The smallest absolute Gasteiger partial charge is 0.726 e. The standard InChI is InChI=1S/C27H46O6S.K/c1-16(2)24(33-34(30,31)32)9-6-17(3)20-7-8-21-25-22(11-13-27(20,21)5)26(4)12-10-19(28)14-18(26)15-23(25)29;/h16-18,20-25,29H,6-15H2,1-5H3,(H,30,31,32);/q;+1/p-1/t17-,18-,20-,21+,22+,23-,24-,25+,26+,27-;/m1./s1. The van der Waals surface area contributed by atoms with Crippen LogP contribution in [0.3, 0.4) is 0 Å². The summed E-state index contributed by atoms with van der Waals surface area (Å²) in [6.45, 7) is 10.9. The van der Waals surface area contributed by atoms with Crippen LogP contribution in [0.15, 0.2) is 0 Å². The summed E-state index contributed by atoms with van der Waals surface area (Å²) in [4.78, 5) is 12.2. The summed E-state index contributed by atoms with van der Waals surface area (Å²) in [6, 6.07) is 0. The molecule has 10 atom stereocenters. The number of hydrogen-bond donors (Lipinski definition) is 1. The van der Waals surface area contributed by atoms with E-state index in [0.29, 0.717) is 60.6 Å². The van der Waals surface area contributed by atoms with Gasteiger partial charge in [-0.2, -0.15) is 0 Å². The molecule has 4 rings (SSSR count). The van der Waals surface area contributed by atoms with Gasteiger partial charge >= 0.3 is 51.4 Å². The Morgan fingerprint density at radius 2 is 1.71 bits per heavy atom. The summed E-state index contributed by atoms with van der Waals surface area (Å²) in [7, 11) is -4.70. The molecule has 4 aliphatic rings. The van der Waals surface area contributed by atoms with Crippen LogP contribution < -0.4 is 51.4 Å². The van der Waals surface area contributed by atoms with Crippen molar-refractivity contribution in [3.63, 3.8) is 0 Å². The molecule has 4 saturated carbocycles. The first-order valence-corrected chi connectivity index (χ1v) is 14.9. The van der Waals surface area contributed by atoms with Crippen LogP contribution in [-0.4, -0.2) is 36.1 Å². The number of hydrogen-bond acceptors (Lipinski definition) is 6. The minimum Gasteiger partial charge on any atom is -0.726 e. The molecule has 4 aliphatic carbocycles. The minimum atomic E-state index is -4.70. The second-order valence-corrected chi connectivity index (χ2v) is 14.1. The van der Waals surface area contributed by atoms with Crippen LogP contribution in [0.4, 0.5) is 0 Å². The van der Waals surface area contributed by atoms with E-state index in [9.17, 15) is 22.9 Å². The minimum absolute atomic E-state index is 0. The van der Waals surface area contributed by atoms with Crippen LogP contribution in [0, 0.1) is 52.3 Å². The normalized spacial score (nSPS) is 43.0. The molecule has 0 aromatic rings. The van der Waals surface area contributed by atoms with Crippen molar-refractivity contribution in [3.8, 4) is 0 Å². The van der Waals surface area contributed by atoms with Gasteiger partial charge in [-0.3, -0.25) is 8.98 Å². The zero-order valence-corrected chi connectivity index (χ0v) is 26.6.